The zero-order chi connectivity index (χ0) is 15.3. The minimum atomic E-state index is -4.00. The Morgan fingerprint density at radius 2 is 2.20 bits per heavy atom. The van der Waals surface area contributed by atoms with Crippen LogP contribution < -0.4 is 0 Å². The maximum absolute atomic E-state index is 12.5. The van der Waals surface area contributed by atoms with Gasteiger partial charge in [0.2, 0.25) is 10.0 Å². The summed E-state index contributed by atoms with van der Waals surface area (Å²) < 4.78 is 30.5. The molecule has 8 heteroatoms. The molecule has 1 aromatic rings. The van der Waals surface area contributed by atoms with Crippen LogP contribution in [0, 0.1) is 11.3 Å². The minimum absolute atomic E-state index is 0.206. The van der Waals surface area contributed by atoms with Crippen molar-refractivity contribution in [2.75, 3.05) is 13.7 Å². The monoisotopic (exact) mass is 297 g/mol. The van der Waals surface area contributed by atoms with E-state index in [1.807, 2.05) is 0 Å². The van der Waals surface area contributed by atoms with Gasteiger partial charge in [0.15, 0.2) is 5.69 Å². The fourth-order valence-corrected chi connectivity index (χ4v) is 3.22. The van der Waals surface area contributed by atoms with Crippen molar-refractivity contribution in [3.63, 3.8) is 0 Å². The highest BCUT2D eigenvalue weighted by Gasteiger charge is 2.31. The molecule has 0 aliphatic carbocycles. The third-order valence-electron chi connectivity index (χ3n) is 2.55. The van der Waals surface area contributed by atoms with Gasteiger partial charge in [-0.25, -0.2) is 13.4 Å². The zero-order valence-corrected chi connectivity index (χ0v) is 12.2. The second kappa shape index (κ2) is 6.45. The summed E-state index contributed by atoms with van der Waals surface area (Å²) in [6.07, 6.45) is 1.33. The summed E-state index contributed by atoms with van der Waals surface area (Å²) >= 11 is 0. The first-order valence-corrected chi connectivity index (χ1v) is 7.22. The number of hydrogen-bond donors (Lipinski definition) is 0. The van der Waals surface area contributed by atoms with E-state index >= 15 is 0 Å². The highest BCUT2D eigenvalue weighted by molar-refractivity contribution is 7.89. The van der Waals surface area contributed by atoms with E-state index in [1.165, 1.54) is 25.4 Å². The van der Waals surface area contributed by atoms with Gasteiger partial charge in [0.25, 0.3) is 0 Å². The normalized spacial score (nSPS) is 11.4. The number of rotatable bonds is 5. The van der Waals surface area contributed by atoms with E-state index in [4.69, 9.17) is 5.26 Å². The van der Waals surface area contributed by atoms with E-state index in [0.29, 0.717) is 0 Å². The fraction of sp³-hybridized carbons (Fsp3) is 0.417. The molecule has 0 aliphatic rings. The Bertz CT molecular complexity index is 634. The van der Waals surface area contributed by atoms with Gasteiger partial charge in [-0.3, -0.25) is 4.79 Å². The van der Waals surface area contributed by atoms with Gasteiger partial charge >= 0.3 is 5.97 Å². The van der Waals surface area contributed by atoms with Crippen molar-refractivity contribution in [1.29, 1.82) is 5.26 Å². The Kier molecular flexibility index (Phi) is 5.19. The van der Waals surface area contributed by atoms with E-state index in [2.05, 4.69) is 9.72 Å². The number of pyridine rings is 1. The first kappa shape index (κ1) is 16.1. The minimum Gasteiger partial charge on any atom is -0.468 e. The molecule has 0 aliphatic heterocycles. The summed E-state index contributed by atoms with van der Waals surface area (Å²) in [6.45, 7) is 2.84. The van der Waals surface area contributed by atoms with Crippen LogP contribution in [0.1, 0.15) is 19.5 Å². The van der Waals surface area contributed by atoms with Gasteiger partial charge in [-0.15, -0.1) is 0 Å². The van der Waals surface area contributed by atoms with Gasteiger partial charge in [-0.2, -0.15) is 9.57 Å². The van der Waals surface area contributed by atoms with Crippen molar-refractivity contribution < 1.29 is 17.9 Å². The standard InChI is InChI=1S/C12H15N3O4S/c1-9(2)15(8-12(16)19-3)20(17,18)11-5-4-6-14-10(11)7-13/h4-6,9H,8H2,1-3H3. The predicted molar refractivity (Wildman–Crippen MR) is 70.0 cm³/mol. The summed E-state index contributed by atoms with van der Waals surface area (Å²) in [7, 11) is -2.82. The van der Waals surface area contributed by atoms with Crippen molar-refractivity contribution >= 4 is 16.0 Å². The van der Waals surface area contributed by atoms with Gasteiger partial charge in [-0.05, 0) is 26.0 Å². The van der Waals surface area contributed by atoms with Crippen LogP contribution in [0.5, 0.6) is 0 Å². The van der Waals surface area contributed by atoms with Crippen LogP contribution in [0.15, 0.2) is 23.2 Å². The number of nitrogens with zero attached hydrogens (tertiary/aromatic N) is 3. The lowest BCUT2D eigenvalue weighted by atomic mass is 10.4. The molecular formula is C12H15N3O4S. The maximum atomic E-state index is 12.5. The van der Waals surface area contributed by atoms with Crippen molar-refractivity contribution in [1.82, 2.24) is 9.29 Å². The number of nitriles is 1. The number of sulfonamides is 1. The smallest absolute Gasteiger partial charge is 0.321 e. The van der Waals surface area contributed by atoms with E-state index in [1.54, 1.807) is 19.9 Å². The molecule has 1 heterocycles. The Morgan fingerprint density at radius 1 is 1.55 bits per heavy atom. The Labute approximate surface area is 117 Å². The van der Waals surface area contributed by atoms with Crippen molar-refractivity contribution in [3.8, 4) is 6.07 Å². The molecule has 0 fully saturated rings. The van der Waals surface area contributed by atoms with Crippen molar-refractivity contribution in [2.45, 2.75) is 24.8 Å². The molecule has 0 aromatic carbocycles. The summed E-state index contributed by atoms with van der Waals surface area (Å²) in [5.74, 6) is -0.676. The van der Waals surface area contributed by atoms with Crippen LogP contribution in [0.2, 0.25) is 0 Å². The van der Waals surface area contributed by atoms with Crippen LogP contribution >= 0.6 is 0 Å². The number of hydrogen-bond acceptors (Lipinski definition) is 6. The zero-order valence-electron chi connectivity index (χ0n) is 11.4. The first-order valence-electron chi connectivity index (χ1n) is 5.78. The Hall–Kier alpha value is -1.98. The lowest BCUT2D eigenvalue weighted by molar-refractivity contribution is -0.141. The fourth-order valence-electron chi connectivity index (χ4n) is 1.55. The molecule has 0 atom stereocenters. The molecule has 0 radical (unpaired) electrons. The van der Waals surface area contributed by atoms with Crippen molar-refractivity contribution in [3.05, 3.63) is 24.0 Å². The average molecular weight is 297 g/mol. The van der Waals surface area contributed by atoms with Crippen LogP contribution in [-0.4, -0.2) is 43.4 Å². The molecule has 1 rings (SSSR count). The second-order valence-electron chi connectivity index (χ2n) is 4.18. The quantitative estimate of drug-likeness (QED) is 0.735. The highest BCUT2D eigenvalue weighted by atomic mass is 32.2. The largest absolute Gasteiger partial charge is 0.468 e. The predicted octanol–water partition coefficient (Wildman–Crippen LogP) is 0.525. The molecule has 0 saturated carbocycles. The highest BCUT2D eigenvalue weighted by Crippen LogP contribution is 2.20. The summed E-state index contributed by atoms with van der Waals surface area (Å²) in [5, 5.41) is 8.94. The van der Waals surface area contributed by atoms with Crippen LogP contribution in [-0.2, 0) is 19.6 Å². The number of ether oxygens (including phenoxy) is 1. The van der Waals surface area contributed by atoms with Gasteiger partial charge < -0.3 is 4.74 Å². The molecule has 108 valence electrons. The number of esters is 1. The molecular weight excluding hydrogens is 282 g/mol. The molecule has 20 heavy (non-hydrogen) atoms. The SMILES string of the molecule is COC(=O)CN(C(C)C)S(=O)(=O)c1cccnc1C#N. The molecule has 7 nitrogen and oxygen atoms in total. The summed E-state index contributed by atoms with van der Waals surface area (Å²) in [6, 6.07) is 3.97. The van der Waals surface area contributed by atoms with E-state index in [0.717, 1.165) is 4.31 Å². The van der Waals surface area contributed by atoms with Gasteiger partial charge in [-0.1, -0.05) is 0 Å². The average Bonchev–Trinajstić information content (AvgIpc) is 2.43. The molecule has 0 unspecified atom stereocenters. The molecule has 0 saturated heterocycles. The lowest BCUT2D eigenvalue weighted by Gasteiger charge is -2.24. The molecule has 0 amide bonds. The molecule has 0 bridgehead atoms. The second-order valence-corrected chi connectivity index (χ2v) is 6.04. The van der Waals surface area contributed by atoms with E-state index in [-0.39, 0.29) is 10.6 Å². The first-order chi connectivity index (χ1) is 9.34. The van der Waals surface area contributed by atoms with Gasteiger partial charge in [0, 0.05) is 12.2 Å². The van der Waals surface area contributed by atoms with Crippen molar-refractivity contribution in [2.24, 2.45) is 0 Å². The third-order valence-corrected chi connectivity index (χ3v) is 4.61. The Balaban J connectivity index is 3.31. The molecule has 1 aromatic heterocycles. The maximum Gasteiger partial charge on any atom is 0.321 e. The topological polar surface area (TPSA) is 100 Å². The van der Waals surface area contributed by atoms with Crippen LogP contribution in [0.25, 0.3) is 0 Å². The number of carbonyl (C=O) groups is 1. The number of carbonyl (C=O) groups excluding carboxylic acids is 1. The lowest BCUT2D eigenvalue weighted by Crippen LogP contribution is -2.41. The number of aromatic nitrogens is 1. The van der Waals surface area contributed by atoms with E-state index in [9.17, 15) is 13.2 Å². The molecule has 0 N–H and O–H groups in total. The van der Waals surface area contributed by atoms with Gasteiger partial charge in [0.1, 0.15) is 17.5 Å². The summed E-state index contributed by atoms with van der Waals surface area (Å²) in [5.41, 5.74) is -0.206. The Morgan fingerprint density at radius 3 is 2.70 bits per heavy atom. The van der Waals surface area contributed by atoms with E-state index < -0.39 is 28.6 Å². The van der Waals surface area contributed by atoms with Crippen LogP contribution in [0.4, 0.5) is 0 Å². The third kappa shape index (κ3) is 3.31. The molecule has 0 spiro atoms. The van der Waals surface area contributed by atoms with Gasteiger partial charge in [0.05, 0.1) is 7.11 Å². The summed E-state index contributed by atoms with van der Waals surface area (Å²) in [4.78, 5) is 14.8. The number of methoxy groups -OCH3 is 1. The van der Waals surface area contributed by atoms with Crippen LogP contribution in [0.3, 0.4) is 0 Å².